The van der Waals surface area contributed by atoms with Crippen LogP contribution >= 0.6 is 11.6 Å². The van der Waals surface area contributed by atoms with E-state index >= 15 is 0 Å². The van der Waals surface area contributed by atoms with E-state index < -0.39 is 5.97 Å². The van der Waals surface area contributed by atoms with Crippen molar-refractivity contribution in [2.75, 3.05) is 12.8 Å². The second kappa shape index (κ2) is 6.25. The monoisotopic (exact) mass is 292 g/mol. The van der Waals surface area contributed by atoms with Gasteiger partial charge in [0.1, 0.15) is 6.61 Å². The predicted octanol–water partition coefficient (Wildman–Crippen LogP) is 2.68. The minimum atomic E-state index is -0.523. The molecule has 0 radical (unpaired) electrons. The van der Waals surface area contributed by atoms with E-state index in [1.165, 1.54) is 19.2 Å². The number of carbonyl (C=O) groups is 1. The Bertz CT molecular complexity index is 632. The van der Waals surface area contributed by atoms with Crippen molar-refractivity contribution in [3.63, 3.8) is 0 Å². The number of aromatic nitrogens is 1. The molecule has 0 atom stereocenters. The number of ether oxygens (including phenoxy) is 2. The molecule has 1 aromatic carbocycles. The molecule has 6 heteroatoms. The second-order valence-corrected chi connectivity index (χ2v) is 4.42. The molecule has 0 fully saturated rings. The molecular weight excluding hydrogens is 280 g/mol. The lowest BCUT2D eigenvalue weighted by Gasteiger charge is -2.09. The van der Waals surface area contributed by atoms with Crippen LogP contribution in [0.25, 0.3) is 0 Å². The summed E-state index contributed by atoms with van der Waals surface area (Å²) in [5.41, 5.74) is 6.96. The first kappa shape index (κ1) is 14.1. The van der Waals surface area contributed by atoms with E-state index in [2.05, 4.69) is 4.98 Å². The Morgan fingerprint density at radius 3 is 2.90 bits per heavy atom. The number of hydrogen-bond donors (Lipinski definition) is 1. The molecule has 0 bridgehead atoms. The van der Waals surface area contributed by atoms with Gasteiger partial charge in [0.15, 0.2) is 0 Å². The van der Waals surface area contributed by atoms with Crippen molar-refractivity contribution >= 4 is 23.3 Å². The number of rotatable bonds is 4. The number of hydrogen-bond acceptors (Lipinski definition) is 5. The first-order chi connectivity index (χ1) is 9.61. The molecule has 0 aliphatic carbocycles. The highest BCUT2D eigenvalue weighted by atomic mass is 35.5. The van der Waals surface area contributed by atoms with Gasteiger partial charge in [0, 0.05) is 16.9 Å². The fourth-order valence-corrected chi connectivity index (χ4v) is 1.84. The Morgan fingerprint density at radius 1 is 1.40 bits per heavy atom. The van der Waals surface area contributed by atoms with Crippen LogP contribution in [0.1, 0.15) is 15.9 Å². The number of benzene rings is 1. The number of pyridine rings is 1. The van der Waals surface area contributed by atoms with E-state index in [-0.39, 0.29) is 17.9 Å². The summed E-state index contributed by atoms with van der Waals surface area (Å²) in [7, 11) is 1.50. The highest BCUT2D eigenvalue weighted by molar-refractivity contribution is 6.31. The van der Waals surface area contributed by atoms with Crippen LogP contribution in [0.15, 0.2) is 36.5 Å². The number of nitrogen functional groups attached to an aromatic ring is 1. The van der Waals surface area contributed by atoms with E-state index in [1.807, 2.05) is 0 Å². The summed E-state index contributed by atoms with van der Waals surface area (Å²) in [6.45, 7) is 0.0535. The van der Waals surface area contributed by atoms with Crippen LogP contribution in [-0.2, 0) is 11.3 Å². The standard InChI is InChI=1S/C14H13ClN2O3/c1-19-13-9(3-2-6-17-13)8-20-14(18)11-5-4-10(15)7-12(11)16/h2-7H,8,16H2,1H3. The van der Waals surface area contributed by atoms with E-state index in [0.29, 0.717) is 16.5 Å². The summed E-state index contributed by atoms with van der Waals surface area (Å²) < 4.78 is 10.3. The molecule has 104 valence electrons. The average Bonchev–Trinajstić information content (AvgIpc) is 2.45. The van der Waals surface area contributed by atoms with Crippen LogP contribution in [0.3, 0.4) is 0 Å². The van der Waals surface area contributed by atoms with Gasteiger partial charge in [-0.3, -0.25) is 0 Å². The van der Waals surface area contributed by atoms with Gasteiger partial charge in [-0.2, -0.15) is 0 Å². The second-order valence-electron chi connectivity index (χ2n) is 3.98. The van der Waals surface area contributed by atoms with Gasteiger partial charge in [0.25, 0.3) is 0 Å². The normalized spacial score (nSPS) is 10.1. The maximum Gasteiger partial charge on any atom is 0.340 e. The average molecular weight is 293 g/mol. The van der Waals surface area contributed by atoms with Crippen molar-refractivity contribution in [1.82, 2.24) is 4.98 Å². The van der Waals surface area contributed by atoms with Crippen molar-refractivity contribution in [2.45, 2.75) is 6.61 Å². The minimum absolute atomic E-state index is 0.0535. The van der Waals surface area contributed by atoms with E-state index in [9.17, 15) is 4.79 Å². The molecule has 0 aliphatic heterocycles. The van der Waals surface area contributed by atoms with Gasteiger partial charge in [-0.05, 0) is 30.3 Å². The third kappa shape index (κ3) is 3.19. The van der Waals surface area contributed by atoms with Gasteiger partial charge in [0.2, 0.25) is 5.88 Å². The van der Waals surface area contributed by atoms with Gasteiger partial charge in [0.05, 0.1) is 18.2 Å². The molecule has 0 unspecified atom stereocenters. The zero-order valence-electron chi connectivity index (χ0n) is 10.8. The fraction of sp³-hybridized carbons (Fsp3) is 0.143. The Labute approximate surface area is 121 Å². The number of nitrogens with zero attached hydrogens (tertiary/aromatic N) is 1. The maximum atomic E-state index is 11.9. The molecule has 5 nitrogen and oxygen atoms in total. The molecular formula is C14H13ClN2O3. The van der Waals surface area contributed by atoms with Crippen molar-refractivity contribution < 1.29 is 14.3 Å². The molecule has 0 saturated carbocycles. The number of anilines is 1. The smallest absolute Gasteiger partial charge is 0.340 e. The van der Waals surface area contributed by atoms with Crippen molar-refractivity contribution in [2.24, 2.45) is 0 Å². The molecule has 20 heavy (non-hydrogen) atoms. The number of carbonyl (C=O) groups excluding carboxylic acids is 1. The van der Waals surface area contributed by atoms with E-state index in [4.69, 9.17) is 26.8 Å². The molecule has 2 rings (SSSR count). The Morgan fingerprint density at radius 2 is 2.20 bits per heavy atom. The zero-order chi connectivity index (χ0) is 14.5. The maximum absolute atomic E-state index is 11.9. The third-order valence-electron chi connectivity index (χ3n) is 2.64. The Hall–Kier alpha value is -2.27. The summed E-state index contributed by atoms with van der Waals surface area (Å²) in [6, 6.07) is 8.12. The topological polar surface area (TPSA) is 74.4 Å². The zero-order valence-corrected chi connectivity index (χ0v) is 11.6. The number of nitrogens with two attached hydrogens (primary N) is 1. The lowest BCUT2D eigenvalue weighted by atomic mass is 10.2. The van der Waals surface area contributed by atoms with Gasteiger partial charge >= 0.3 is 5.97 Å². The third-order valence-corrected chi connectivity index (χ3v) is 2.87. The van der Waals surface area contributed by atoms with Gasteiger partial charge in [-0.15, -0.1) is 0 Å². The first-order valence-electron chi connectivity index (χ1n) is 5.82. The SMILES string of the molecule is COc1ncccc1COC(=O)c1ccc(Cl)cc1N. The molecule has 0 aliphatic rings. The van der Waals surface area contributed by atoms with Crippen LogP contribution in [0.5, 0.6) is 5.88 Å². The van der Waals surface area contributed by atoms with E-state index in [0.717, 1.165) is 0 Å². The first-order valence-corrected chi connectivity index (χ1v) is 6.19. The highest BCUT2D eigenvalue weighted by Crippen LogP contribution is 2.20. The number of esters is 1. The van der Waals surface area contributed by atoms with Crippen LogP contribution in [0.4, 0.5) is 5.69 Å². The molecule has 1 heterocycles. The van der Waals surface area contributed by atoms with Crippen LogP contribution < -0.4 is 10.5 Å². The quantitative estimate of drug-likeness (QED) is 0.693. The largest absolute Gasteiger partial charge is 0.481 e. The van der Waals surface area contributed by atoms with Gasteiger partial charge in [-0.1, -0.05) is 11.6 Å². The minimum Gasteiger partial charge on any atom is -0.481 e. The van der Waals surface area contributed by atoms with Gasteiger partial charge in [-0.25, -0.2) is 9.78 Å². The summed E-state index contributed by atoms with van der Waals surface area (Å²) >= 11 is 5.78. The van der Waals surface area contributed by atoms with Crippen molar-refractivity contribution in [1.29, 1.82) is 0 Å². The summed E-state index contributed by atoms with van der Waals surface area (Å²) in [5, 5.41) is 0.466. The lowest BCUT2D eigenvalue weighted by molar-refractivity contribution is 0.0471. The summed E-state index contributed by atoms with van der Waals surface area (Å²) in [6.07, 6.45) is 1.60. The summed E-state index contributed by atoms with van der Waals surface area (Å²) in [4.78, 5) is 16.0. The molecule has 0 amide bonds. The molecule has 2 aromatic rings. The van der Waals surface area contributed by atoms with Crippen LogP contribution in [-0.4, -0.2) is 18.1 Å². The van der Waals surface area contributed by atoms with E-state index in [1.54, 1.807) is 24.4 Å². The van der Waals surface area contributed by atoms with Gasteiger partial charge < -0.3 is 15.2 Å². The lowest BCUT2D eigenvalue weighted by Crippen LogP contribution is -2.09. The predicted molar refractivity (Wildman–Crippen MR) is 75.8 cm³/mol. The fourth-order valence-electron chi connectivity index (χ4n) is 1.66. The van der Waals surface area contributed by atoms with Crippen LogP contribution in [0, 0.1) is 0 Å². The molecule has 0 saturated heterocycles. The summed E-state index contributed by atoms with van der Waals surface area (Å²) in [5.74, 6) is -0.102. The number of halogens is 1. The number of methoxy groups -OCH3 is 1. The van der Waals surface area contributed by atoms with Crippen molar-refractivity contribution in [3.05, 3.63) is 52.7 Å². The Balaban J connectivity index is 2.09. The van der Waals surface area contributed by atoms with Crippen molar-refractivity contribution in [3.8, 4) is 5.88 Å². The highest BCUT2D eigenvalue weighted by Gasteiger charge is 2.13. The molecule has 0 spiro atoms. The Kier molecular flexibility index (Phi) is 4.42. The van der Waals surface area contributed by atoms with Crippen LogP contribution in [0.2, 0.25) is 5.02 Å². The molecule has 2 N–H and O–H groups in total. The molecule has 1 aromatic heterocycles.